The highest BCUT2D eigenvalue weighted by Crippen LogP contribution is 2.32. The molecule has 19 heavy (non-hydrogen) atoms. The fraction of sp³-hybridized carbons (Fsp3) is 1.00. The average Bonchev–Trinajstić information content (AvgIpc) is 3.27. The Kier molecular flexibility index (Phi) is 6.11. The Morgan fingerprint density at radius 2 is 1.95 bits per heavy atom. The quantitative estimate of drug-likeness (QED) is 0.712. The summed E-state index contributed by atoms with van der Waals surface area (Å²) >= 11 is 0. The van der Waals surface area contributed by atoms with E-state index in [0.29, 0.717) is 31.2 Å². The minimum atomic E-state index is -0.361. The Morgan fingerprint density at radius 1 is 1.21 bits per heavy atom. The molecule has 4 unspecified atom stereocenters. The molecule has 0 aliphatic heterocycles. The van der Waals surface area contributed by atoms with Crippen LogP contribution in [0.5, 0.6) is 0 Å². The molecule has 0 amide bonds. The van der Waals surface area contributed by atoms with Crippen LogP contribution in [-0.4, -0.2) is 36.5 Å². The average molecular weight is 269 g/mol. The lowest BCUT2D eigenvalue weighted by Crippen LogP contribution is -2.38. The lowest BCUT2D eigenvalue weighted by atomic mass is 9.85. The van der Waals surface area contributed by atoms with Crippen molar-refractivity contribution in [2.45, 2.75) is 77.0 Å². The Labute approximate surface area is 118 Å². The lowest BCUT2D eigenvalue weighted by molar-refractivity contribution is -0.0503. The van der Waals surface area contributed by atoms with Gasteiger partial charge in [-0.15, -0.1) is 0 Å². The number of hydrogen-bond donors (Lipinski definition) is 2. The van der Waals surface area contributed by atoms with E-state index < -0.39 is 0 Å². The van der Waals surface area contributed by atoms with Crippen LogP contribution in [0.4, 0.5) is 0 Å². The van der Waals surface area contributed by atoms with E-state index in [-0.39, 0.29) is 6.10 Å². The molecule has 2 fully saturated rings. The number of nitrogens with one attached hydrogen (secondary N) is 1. The molecule has 0 bridgehead atoms. The molecule has 0 aromatic heterocycles. The topological polar surface area (TPSA) is 41.5 Å². The second-order valence-corrected chi connectivity index (χ2v) is 6.51. The SMILES string of the molecule is CCC1CCCCC1OCC(O)CNC(C)C1CC1. The van der Waals surface area contributed by atoms with Gasteiger partial charge in [0.1, 0.15) is 0 Å². The van der Waals surface area contributed by atoms with E-state index in [1.165, 1.54) is 44.9 Å². The number of rotatable bonds is 8. The van der Waals surface area contributed by atoms with Gasteiger partial charge in [0.25, 0.3) is 0 Å². The van der Waals surface area contributed by atoms with Gasteiger partial charge < -0.3 is 15.2 Å². The van der Waals surface area contributed by atoms with Crippen LogP contribution in [0.15, 0.2) is 0 Å². The van der Waals surface area contributed by atoms with Crippen LogP contribution < -0.4 is 5.32 Å². The summed E-state index contributed by atoms with van der Waals surface area (Å²) in [5.41, 5.74) is 0. The maximum absolute atomic E-state index is 10.0. The van der Waals surface area contributed by atoms with Crippen molar-refractivity contribution in [1.82, 2.24) is 5.32 Å². The van der Waals surface area contributed by atoms with Gasteiger partial charge in [0.2, 0.25) is 0 Å². The molecule has 0 aromatic carbocycles. The smallest absolute Gasteiger partial charge is 0.0897 e. The molecule has 2 aliphatic carbocycles. The highest BCUT2D eigenvalue weighted by molar-refractivity contribution is 4.83. The summed E-state index contributed by atoms with van der Waals surface area (Å²) in [5, 5.41) is 13.4. The summed E-state index contributed by atoms with van der Waals surface area (Å²) in [6, 6.07) is 0.549. The molecular formula is C16H31NO2. The first-order chi connectivity index (χ1) is 9.20. The van der Waals surface area contributed by atoms with E-state index in [9.17, 15) is 5.11 Å². The predicted molar refractivity (Wildman–Crippen MR) is 78.2 cm³/mol. The first-order valence-electron chi connectivity index (χ1n) is 8.23. The Hall–Kier alpha value is -0.120. The third-order valence-electron chi connectivity index (χ3n) is 4.87. The van der Waals surface area contributed by atoms with Crippen molar-refractivity contribution in [3.63, 3.8) is 0 Å². The molecule has 112 valence electrons. The van der Waals surface area contributed by atoms with Gasteiger partial charge in [0.15, 0.2) is 0 Å². The molecule has 0 aromatic rings. The standard InChI is InChI=1S/C16H31NO2/c1-3-13-6-4-5-7-16(13)19-11-15(18)10-17-12(2)14-8-9-14/h12-18H,3-11H2,1-2H3. The predicted octanol–water partition coefficient (Wildman–Crippen LogP) is 2.72. The number of aliphatic hydroxyl groups is 1. The fourth-order valence-electron chi connectivity index (χ4n) is 3.24. The van der Waals surface area contributed by atoms with E-state index >= 15 is 0 Å². The summed E-state index contributed by atoms with van der Waals surface area (Å²) in [4.78, 5) is 0. The van der Waals surface area contributed by atoms with Gasteiger partial charge in [-0.2, -0.15) is 0 Å². The van der Waals surface area contributed by atoms with Crippen LogP contribution in [0.3, 0.4) is 0 Å². The maximum atomic E-state index is 10.0. The van der Waals surface area contributed by atoms with Gasteiger partial charge in [0, 0.05) is 12.6 Å². The Bertz CT molecular complexity index is 255. The van der Waals surface area contributed by atoms with Gasteiger partial charge in [-0.3, -0.25) is 0 Å². The molecule has 0 saturated heterocycles. The Morgan fingerprint density at radius 3 is 2.63 bits per heavy atom. The zero-order chi connectivity index (χ0) is 13.7. The zero-order valence-corrected chi connectivity index (χ0v) is 12.6. The van der Waals surface area contributed by atoms with E-state index in [2.05, 4.69) is 19.2 Å². The van der Waals surface area contributed by atoms with Crippen LogP contribution in [0.2, 0.25) is 0 Å². The van der Waals surface area contributed by atoms with Crippen LogP contribution in [-0.2, 0) is 4.74 Å². The molecule has 4 atom stereocenters. The number of aliphatic hydroxyl groups excluding tert-OH is 1. The monoisotopic (exact) mass is 269 g/mol. The van der Waals surface area contributed by atoms with E-state index in [1.807, 2.05) is 0 Å². The van der Waals surface area contributed by atoms with Crippen LogP contribution >= 0.6 is 0 Å². The van der Waals surface area contributed by atoms with Gasteiger partial charge in [-0.1, -0.05) is 26.2 Å². The van der Waals surface area contributed by atoms with Gasteiger partial charge in [-0.05, 0) is 44.4 Å². The minimum absolute atomic E-state index is 0.361. The van der Waals surface area contributed by atoms with E-state index in [0.717, 1.165) is 5.92 Å². The first-order valence-corrected chi connectivity index (χ1v) is 8.23. The van der Waals surface area contributed by atoms with Crippen molar-refractivity contribution in [3.05, 3.63) is 0 Å². The van der Waals surface area contributed by atoms with Crippen molar-refractivity contribution < 1.29 is 9.84 Å². The minimum Gasteiger partial charge on any atom is -0.389 e. The van der Waals surface area contributed by atoms with E-state index in [4.69, 9.17) is 4.74 Å². The number of ether oxygens (including phenoxy) is 1. The highest BCUT2D eigenvalue weighted by atomic mass is 16.5. The molecule has 3 heteroatoms. The fourth-order valence-corrected chi connectivity index (χ4v) is 3.24. The third-order valence-corrected chi connectivity index (χ3v) is 4.87. The van der Waals surface area contributed by atoms with E-state index in [1.54, 1.807) is 0 Å². The molecular weight excluding hydrogens is 238 g/mol. The third kappa shape index (κ3) is 5.05. The van der Waals surface area contributed by atoms with Crippen molar-refractivity contribution >= 4 is 0 Å². The van der Waals surface area contributed by atoms with Crippen molar-refractivity contribution in [3.8, 4) is 0 Å². The second-order valence-electron chi connectivity index (χ2n) is 6.51. The summed E-state index contributed by atoms with van der Waals surface area (Å²) in [5.74, 6) is 1.55. The molecule has 0 heterocycles. The van der Waals surface area contributed by atoms with Gasteiger partial charge in [0.05, 0.1) is 18.8 Å². The molecule has 2 N–H and O–H groups in total. The molecule has 2 saturated carbocycles. The van der Waals surface area contributed by atoms with Gasteiger partial charge in [-0.25, -0.2) is 0 Å². The largest absolute Gasteiger partial charge is 0.389 e. The second kappa shape index (κ2) is 7.61. The van der Waals surface area contributed by atoms with Crippen LogP contribution in [0, 0.1) is 11.8 Å². The zero-order valence-electron chi connectivity index (χ0n) is 12.6. The first kappa shape index (κ1) is 15.3. The van der Waals surface area contributed by atoms with Crippen LogP contribution in [0.1, 0.15) is 58.8 Å². The molecule has 2 rings (SSSR count). The van der Waals surface area contributed by atoms with Crippen molar-refractivity contribution in [1.29, 1.82) is 0 Å². The van der Waals surface area contributed by atoms with Crippen LogP contribution in [0.25, 0.3) is 0 Å². The summed E-state index contributed by atoms with van der Waals surface area (Å²) in [7, 11) is 0. The Balaban J connectivity index is 1.60. The molecule has 0 spiro atoms. The highest BCUT2D eigenvalue weighted by Gasteiger charge is 2.28. The van der Waals surface area contributed by atoms with Crippen molar-refractivity contribution in [2.75, 3.05) is 13.2 Å². The summed E-state index contributed by atoms with van der Waals surface area (Å²) in [6.45, 7) is 5.63. The molecule has 0 radical (unpaired) electrons. The summed E-state index contributed by atoms with van der Waals surface area (Å²) < 4.78 is 5.97. The normalized spacial score (nSPS) is 31.1. The van der Waals surface area contributed by atoms with Gasteiger partial charge >= 0.3 is 0 Å². The molecule has 3 nitrogen and oxygen atoms in total. The molecule has 2 aliphatic rings. The summed E-state index contributed by atoms with van der Waals surface area (Å²) in [6.07, 6.45) is 9.04. The number of hydrogen-bond acceptors (Lipinski definition) is 3. The maximum Gasteiger partial charge on any atom is 0.0897 e. The van der Waals surface area contributed by atoms with Crippen molar-refractivity contribution in [2.24, 2.45) is 11.8 Å². The lowest BCUT2D eigenvalue weighted by Gasteiger charge is -2.31.